The van der Waals surface area contributed by atoms with Crippen molar-refractivity contribution in [2.75, 3.05) is 39.3 Å². The molecule has 0 spiro atoms. The highest BCUT2D eigenvalue weighted by atomic mass is 16.5. The molecule has 0 saturated heterocycles. The number of ether oxygens (including phenoxy) is 2. The molecule has 0 heterocycles. The van der Waals surface area contributed by atoms with Crippen LogP contribution in [0.25, 0.3) is 11.1 Å². The Morgan fingerprint density at radius 1 is 0.375 bits per heavy atom. The van der Waals surface area contributed by atoms with E-state index in [9.17, 15) is 9.59 Å². The van der Waals surface area contributed by atoms with Gasteiger partial charge in [-0.1, -0.05) is 179 Å². The first-order chi connectivity index (χ1) is 27.5. The molecule has 2 rings (SSSR count). The molecule has 0 saturated carbocycles. The predicted octanol–water partition coefficient (Wildman–Crippen LogP) is 13.5. The second kappa shape index (κ2) is 34.4. The van der Waals surface area contributed by atoms with E-state index in [4.69, 9.17) is 9.47 Å². The van der Waals surface area contributed by atoms with Gasteiger partial charge < -0.3 is 19.3 Å². The molecule has 0 aliphatic heterocycles. The fraction of sp³-hybridized carbons (Fsp3) is 0.720. The third-order valence-electron chi connectivity index (χ3n) is 11.1. The minimum absolute atomic E-state index is 0.112. The zero-order valence-corrected chi connectivity index (χ0v) is 36.8. The van der Waals surface area contributed by atoms with Crippen LogP contribution in [0.1, 0.15) is 193 Å². The van der Waals surface area contributed by atoms with Crippen molar-refractivity contribution in [1.29, 1.82) is 0 Å². The maximum atomic E-state index is 12.6. The average Bonchev–Trinajstić information content (AvgIpc) is 3.22. The molecule has 0 aliphatic carbocycles. The highest BCUT2D eigenvalue weighted by Crippen LogP contribution is 2.21. The standard InChI is InChI=1S/C50H84N2O4/c1-5-9-13-17-19-23-39-51(37-21-15-11-7-3)41-25-27-49(53)55-43-45-29-33-47(34-30-45)48-35-31-46(32-36-48)44-56-50(54)28-26-42-52(38-22-16-12-8-4)40-24-20-18-14-10-6-2/h29-36H,5-28,37-44H2,1-4H3. The molecule has 6 nitrogen and oxygen atoms in total. The van der Waals surface area contributed by atoms with E-state index in [1.54, 1.807) is 0 Å². The van der Waals surface area contributed by atoms with Crippen molar-refractivity contribution in [1.82, 2.24) is 9.80 Å². The van der Waals surface area contributed by atoms with Crippen molar-refractivity contribution in [2.24, 2.45) is 0 Å². The molecule has 0 aliphatic rings. The van der Waals surface area contributed by atoms with Crippen LogP contribution < -0.4 is 0 Å². The summed E-state index contributed by atoms with van der Waals surface area (Å²) in [5.41, 5.74) is 4.20. The summed E-state index contributed by atoms with van der Waals surface area (Å²) in [5.74, 6) is -0.224. The van der Waals surface area contributed by atoms with Crippen LogP contribution in [0.3, 0.4) is 0 Å². The van der Waals surface area contributed by atoms with Crippen molar-refractivity contribution in [3.05, 3.63) is 59.7 Å². The molecule has 2 aromatic carbocycles. The molecule has 6 heteroatoms. The van der Waals surface area contributed by atoms with Crippen LogP contribution in [0.2, 0.25) is 0 Å². The van der Waals surface area contributed by atoms with Crippen LogP contribution in [-0.4, -0.2) is 61.0 Å². The second-order valence-electron chi connectivity index (χ2n) is 16.3. The Morgan fingerprint density at radius 3 is 0.964 bits per heavy atom. The number of benzene rings is 2. The largest absolute Gasteiger partial charge is 0.461 e. The Balaban J connectivity index is 1.69. The lowest BCUT2D eigenvalue weighted by Gasteiger charge is -2.22. The molecule has 0 atom stereocenters. The highest BCUT2D eigenvalue weighted by Gasteiger charge is 2.11. The van der Waals surface area contributed by atoms with Gasteiger partial charge in [0.2, 0.25) is 0 Å². The van der Waals surface area contributed by atoms with E-state index in [0.29, 0.717) is 26.1 Å². The summed E-state index contributed by atoms with van der Waals surface area (Å²) in [4.78, 5) is 30.3. The summed E-state index contributed by atoms with van der Waals surface area (Å²) in [6, 6.07) is 16.5. The van der Waals surface area contributed by atoms with E-state index in [2.05, 4.69) is 61.8 Å². The smallest absolute Gasteiger partial charge is 0.306 e. The van der Waals surface area contributed by atoms with Crippen LogP contribution in [0, 0.1) is 0 Å². The lowest BCUT2D eigenvalue weighted by molar-refractivity contribution is -0.146. The molecular weight excluding hydrogens is 693 g/mol. The van der Waals surface area contributed by atoms with Gasteiger partial charge in [0, 0.05) is 12.8 Å². The Morgan fingerprint density at radius 2 is 0.643 bits per heavy atom. The van der Waals surface area contributed by atoms with Crippen LogP contribution in [-0.2, 0) is 32.3 Å². The quantitative estimate of drug-likeness (QED) is 0.0503. The van der Waals surface area contributed by atoms with Crippen LogP contribution in [0.5, 0.6) is 0 Å². The van der Waals surface area contributed by atoms with E-state index >= 15 is 0 Å². The van der Waals surface area contributed by atoms with Gasteiger partial charge in [-0.05, 0) is 100 Å². The fourth-order valence-corrected chi connectivity index (χ4v) is 7.38. The highest BCUT2D eigenvalue weighted by molar-refractivity contribution is 5.70. The van der Waals surface area contributed by atoms with Crippen molar-refractivity contribution in [3.8, 4) is 11.1 Å². The summed E-state index contributed by atoms with van der Waals surface area (Å²) in [6.07, 6.45) is 28.7. The van der Waals surface area contributed by atoms with Crippen LogP contribution in [0.15, 0.2) is 48.5 Å². The second-order valence-corrected chi connectivity index (χ2v) is 16.3. The third-order valence-corrected chi connectivity index (χ3v) is 11.1. The van der Waals surface area contributed by atoms with E-state index in [0.717, 1.165) is 74.4 Å². The summed E-state index contributed by atoms with van der Waals surface area (Å²) < 4.78 is 11.3. The van der Waals surface area contributed by atoms with Gasteiger partial charge in [-0.15, -0.1) is 0 Å². The monoisotopic (exact) mass is 777 g/mol. The lowest BCUT2D eigenvalue weighted by Crippen LogP contribution is -2.28. The van der Waals surface area contributed by atoms with E-state index in [1.165, 1.54) is 128 Å². The SMILES string of the molecule is CCCCCCCCN(CCCCCC)CCCC(=O)OCc1ccc(-c2ccc(COC(=O)CCCN(CCCCCC)CCCCCCCC)cc2)cc1. The summed E-state index contributed by atoms with van der Waals surface area (Å²) >= 11 is 0. The summed E-state index contributed by atoms with van der Waals surface area (Å²) in [5, 5.41) is 0. The van der Waals surface area contributed by atoms with Gasteiger partial charge in [0.15, 0.2) is 0 Å². The number of unbranched alkanes of at least 4 members (excludes halogenated alkanes) is 16. The molecule has 318 valence electrons. The third kappa shape index (κ3) is 25.5. The minimum atomic E-state index is -0.112. The zero-order valence-electron chi connectivity index (χ0n) is 36.8. The first-order valence-corrected chi connectivity index (χ1v) is 23.4. The molecule has 0 radical (unpaired) electrons. The first kappa shape index (κ1) is 49.4. The predicted molar refractivity (Wildman–Crippen MR) is 238 cm³/mol. The normalized spacial score (nSPS) is 11.5. The molecule has 0 fully saturated rings. The molecule has 0 aromatic heterocycles. The number of carbonyl (C=O) groups is 2. The van der Waals surface area contributed by atoms with E-state index in [-0.39, 0.29) is 11.9 Å². The Labute approximate surface area is 344 Å². The number of carbonyl (C=O) groups excluding carboxylic acids is 2. The maximum absolute atomic E-state index is 12.6. The molecule has 0 amide bonds. The van der Waals surface area contributed by atoms with E-state index in [1.807, 2.05) is 24.3 Å². The molecule has 0 unspecified atom stereocenters. The number of hydrogen-bond donors (Lipinski definition) is 0. The van der Waals surface area contributed by atoms with Gasteiger partial charge in [-0.25, -0.2) is 0 Å². The van der Waals surface area contributed by atoms with Crippen molar-refractivity contribution in [2.45, 2.75) is 195 Å². The molecule has 0 N–H and O–H groups in total. The summed E-state index contributed by atoms with van der Waals surface area (Å²) in [6.45, 7) is 16.2. The summed E-state index contributed by atoms with van der Waals surface area (Å²) in [7, 11) is 0. The Bertz CT molecular complexity index is 1120. The van der Waals surface area contributed by atoms with Gasteiger partial charge in [0.05, 0.1) is 0 Å². The van der Waals surface area contributed by atoms with Crippen molar-refractivity contribution < 1.29 is 19.1 Å². The van der Waals surface area contributed by atoms with Gasteiger partial charge in [0.1, 0.15) is 13.2 Å². The Hall–Kier alpha value is -2.70. The minimum Gasteiger partial charge on any atom is -0.461 e. The van der Waals surface area contributed by atoms with Crippen molar-refractivity contribution >= 4 is 11.9 Å². The number of nitrogens with zero attached hydrogens (tertiary/aromatic N) is 2. The zero-order chi connectivity index (χ0) is 40.3. The van der Waals surface area contributed by atoms with E-state index < -0.39 is 0 Å². The number of rotatable bonds is 37. The van der Waals surface area contributed by atoms with Gasteiger partial charge in [-0.3, -0.25) is 9.59 Å². The molecule has 0 bridgehead atoms. The topological polar surface area (TPSA) is 59.1 Å². The molecule has 56 heavy (non-hydrogen) atoms. The number of esters is 2. The van der Waals surface area contributed by atoms with Gasteiger partial charge in [0.25, 0.3) is 0 Å². The van der Waals surface area contributed by atoms with Gasteiger partial charge >= 0.3 is 11.9 Å². The van der Waals surface area contributed by atoms with Crippen LogP contribution in [0.4, 0.5) is 0 Å². The number of hydrogen-bond acceptors (Lipinski definition) is 6. The maximum Gasteiger partial charge on any atom is 0.306 e. The molecular formula is C50H84N2O4. The first-order valence-electron chi connectivity index (χ1n) is 23.4. The average molecular weight is 777 g/mol. The fourth-order valence-electron chi connectivity index (χ4n) is 7.38. The molecule has 2 aromatic rings. The van der Waals surface area contributed by atoms with Crippen LogP contribution >= 0.6 is 0 Å². The van der Waals surface area contributed by atoms with Gasteiger partial charge in [-0.2, -0.15) is 0 Å². The van der Waals surface area contributed by atoms with Crippen molar-refractivity contribution in [3.63, 3.8) is 0 Å². The lowest BCUT2D eigenvalue weighted by atomic mass is 10.0. The Kier molecular flexibility index (Phi) is 30.3.